The van der Waals surface area contributed by atoms with Crippen molar-refractivity contribution in [2.75, 3.05) is 19.6 Å². The van der Waals surface area contributed by atoms with Gasteiger partial charge in [0, 0.05) is 60.3 Å². The van der Waals surface area contributed by atoms with Gasteiger partial charge >= 0.3 is 0 Å². The summed E-state index contributed by atoms with van der Waals surface area (Å²) in [5.74, 6) is -0.553. The van der Waals surface area contributed by atoms with E-state index in [0.29, 0.717) is 31.7 Å². The third-order valence-electron chi connectivity index (χ3n) is 6.34. The largest absolute Gasteiger partial charge is 0.358 e. The first-order valence-electron chi connectivity index (χ1n) is 10.5. The van der Waals surface area contributed by atoms with Crippen molar-refractivity contribution in [1.82, 2.24) is 14.8 Å². The van der Waals surface area contributed by atoms with Crippen molar-refractivity contribution in [3.63, 3.8) is 0 Å². The van der Waals surface area contributed by atoms with Crippen LogP contribution in [0.15, 0.2) is 48.5 Å². The van der Waals surface area contributed by atoms with E-state index in [0.717, 1.165) is 24.8 Å². The molecule has 5 nitrogen and oxygen atoms in total. The van der Waals surface area contributed by atoms with Crippen molar-refractivity contribution in [2.45, 2.75) is 25.8 Å². The average Bonchev–Trinajstić information content (AvgIpc) is 3.16. The first-order valence-corrected chi connectivity index (χ1v) is 10.5. The van der Waals surface area contributed by atoms with Crippen LogP contribution in [0.25, 0.3) is 10.9 Å². The van der Waals surface area contributed by atoms with Crippen molar-refractivity contribution in [3.8, 4) is 0 Å². The quantitative estimate of drug-likeness (QED) is 0.706. The van der Waals surface area contributed by atoms with Crippen molar-refractivity contribution in [2.24, 2.45) is 5.92 Å². The van der Waals surface area contributed by atoms with Gasteiger partial charge in [0.25, 0.3) is 5.91 Å². The first kappa shape index (κ1) is 18.9. The molecule has 0 aliphatic carbocycles. The Bertz CT molecular complexity index is 1110. The second-order valence-electron chi connectivity index (χ2n) is 8.23. The zero-order chi connectivity index (χ0) is 20.7. The Balaban J connectivity index is 1.30. The molecule has 1 fully saturated rings. The van der Waals surface area contributed by atoms with Crippen LogP contribution in [0.2, 0.25) is 0 Å². The number of likely N-dealkylation sites (tertiary alicyclic amines) is 1. The fourth-order valence-electron chi connectivity index (χ4n) is 4.75. The molecular weight excluding hydrogens is 381 g/mol. The zero-order valence-corrected chi connectivity index (χ0v) is 16.7. The minimum absolute atomic E-state index is 0.127. The number of H-pyrrole nitrogens is 1. The number of para-hydroxylation sites is 1. The van der Waals surface area contributed by atoms with Gasteiger partial charge in [0.15, 0.2) is 0 Å². The van der Waals surface area contributed by atoms with Crippen molar-refractivity contribution in [1.29, 1.82) is 0 Å². The lowest BCUT2D eigenvalue weighted by molar-refractivity contribution is -0.137. The third-order valence-corrected chi connectivity index (χ3v) is 6.34. The fourth-order valence-corrected chi connectivity index (χ4v) is 4.75. The molecule has 2 aliphatic rings. The van der Waals surface area contributed by atoms with Gasteiger partial charge in [-0.2, -0.15) is 0 Å². The Hall–Kier alpha value is -3.15. The molecule has 2 aliphatic heterocycles. The Kier molecular flexibility index (Phi) is 4.77. The second-order valence-corrected chi connectivity index (χ2v) is 8.23. The number of piperidine rings is 1. The molecule has 3 heterocycles. The van der Waals surface area contributed by atoms with E-state index in [1.54, 1.807) is 4.90 Å². The molecular formula is C24H24FN3O2. The number of carbonyl (C=O) groups excluding carboxylic acids is 2. The van der Waals surface area contributed by atoms with E-state index in [1.165, 1.54) is 40.9 Å². The van der Waals surface area contributed by atoms with Crippen LogP contribution in [0.3, 0.4) is 0 Å². The summed E-state index contributed by atoms with van der Waals surface area (Å²) < 4.78 is 13.2. The number of benzene rings is 2. The number of aromatic amines is 1. The van der Waals surface area contributed by atoms with Gasteiger partial charge in [0.05, 0.1) is 5.92 Å². The molecule has 0 radical (unpaired) electrons. The lowest BCUT2D eigenvalue weighted by atomic mass is 9.94. The van der Waals surface area contributed by atoms with Crippen LogP contribution in [0, 0.1) is 11.7 Å². The van der Waals surface area contributed by atoms with Crippen molar-refractivity contribution < 1.29 is 14.0 Å². The van der Waals surface area contributed by atoms with Crippen LogP contribution >= 0.6 is 0 Å². The van der Waals surface area contributed by atoms with Gasteiger partial charge in [-0.05, 0) is 43.2 Å². The van der Waals surface area contributed by atoms with E-state index in [-0.39, 0.29) is 23.5 Å². The molecule has 5 rings (SSSR count). The predicted octanol–water partition coefficient (Wildman–Crippen LogP) is 3.74. The summed E-state index contributed by atoms with van der Waals surface area (Å²) in [5.41, 5.74) is 4.01. The number of rotatable bonds is 2. The van der Waals surface area contributed by atoms with Crippen LogP contribution in [-0.4, -0.2) is 46.2 Å². The standard InChI is InChI=1S/C24H24FN3O2/c25-18-9-7-16(8-10-18)23(29)27-12-3-4-17(14-27)24(30)28-13-11-22-20(15-28)19-5-1-2-6-21(19)26-22/h1-2,5-10,17,26H,3-4,11-15H2. The molecule has 1 atom stereocenters. The highest BCUT2D eigenvalue weighted by Crippen LogP contribution is 2.29. The molecule has 0 bridgehead atoms. The summed E-state index contributed by atoms with van der Waals surface area (Å²) in [7, 11) is 0. The molecule has 1 aromatic heterocycles. The first-order chi connectivity index (χ1) is 14.6. The van der Waals surface area contributed by atoms with Crippen LogP contribution in [0.1, 0.15) is 34.5 Å². The summed E-state index contributed by atoms with van der Waals surface area (Å²) in [5, 5.41) is 1.18. The third kappa shape index (κ3) is 3.36. The maximum Gasteiger partial charge on any atom is 0.253 e. The summed E-state index contributed by atoms with van der Waals surface area (Å²) in [6.07, 6.45) is 2.42. The lowest BCUT2D eigenvalue weighted by Gasteiger charge is -2.36. The molecule has 2 amide bonds. The van der Waals surface area contributed by atoms with E-state index in [9.17, 15) is 14.0 Å². The van der Waals surface area contributed by atoms with Gasteiger partial charge in [0.2, 0.25) is 5.91 Å². The Morgan fingerprint density at radius 1 is 1.00 bits per heavy atom. The normalized spacial score (nSPS) is 19.0. The zero-order valence-electron chi connectivity index (χ0n) is 16.7. The summed E-state index contributed by atoms with van der Waals surface area (Å²) in [6.45, 7) is 2.36. The van der Waals surface area contributed by atoms with E-state index in [2.05, 4.69) is 17.1 Å². The van der Waals surface area contributed by atoms with Gasteiger partial charge < -0.3 is 14.8 Å². The number of fused-ring (bicyclic) bond motifs is 3. The fraction of sp³-hybridized carbons (Fsp3) is 0.333. The smallest absolute Gasteiger partial charge is 0.253 e. The number of nitrogens with one attached hydrogen (secondary N) is 1. The average molecular weight is 405 g/mol. The van der Waals surface area contributed by atoms with Crippen LogP contribution < -0.4 is 0 Å². The number of amides is 2. The van der Waals surface area contributed by atoms with E-state index >= 15 is 0 Å². The molecule has 3 aromatic rings. The Labute approximate surface area is 174 Å². The van der Waals surface area contributed by atoms with Gasteiger partial charge in [-0.3, -0.25) is 9.59 Å². The number of hydrogen-bond donors (Lipinski definition) is 1. The van der Waals surface area contributed by atoms with Crippen molar-refractivity contribution >= 4 is 22.7 Å². The summed E-state index contributed by atoms with van der Waals surface area (Å²) in [4.78, 5) is 33.3. The highest BCUT2D eigenvalue weighted by Gasteiger charge is 2.33. The number of halogens is 1. The van der Waals surface area contributed by atoms with Gasteiger partial charge in [-0.15, -0.1) is 0 Å². The number of carbonyl (C=O) groups is 2. The lowest BCUT2D eigenvalue weighted by Crippen LogP contribution is -2.47. The van der Waals surface area contributed by atoms with E-state index < -0.39 is 0 Å². The predicted molar refractivity (Wildman–Crippen MR) is 112 cm³/mol. The topological polar surface area (TPSA) is 56.4 Å². The van der Waals surface area contributed by atoms with Gasteiger partial charge in [-0.25, -0.2) is 4.39 Å². The molecule has 6 heteroatoms. The molecule has 154 valence electrons. The van der Waals surface area contributed by atoms with Crippen molar-refractivity contribution in [3.05, 3.63) is 71.2 Å². The molecule has 30 heavy (non-hydrogen) atoms. The summed E-state index contributed by atoms with van der Waals surface area (Å²) >= 11 is 0. The second kappa shape index (κ2) is 7.59. The highest BCUT2D eigenvalue weighted by atomic mass is 19.1. The molecule has 2 aromatic carbocycles. The number of hydrogen-bond acceptors (Lipinski definition) is 2. The molecule has 0 saturated carbocycles. The maximum atomic E-state index is 13.3. The van der Waals surface area contributed by atoms with Crippen LogP contribution in [0.5, 0.6) is 0 Å². The minimum atomic E-state index is -0.361. The highest BCUT2D eigenvalue weighted by molar-refractivity contribution is 5.94. The molecule has 1 saturated heterocycles. The van der Waals surface area contributed by atoms with E-state index in [4.69, 9.17) is 0 Å². The van der Waals surface area contributed by atoms with Gasteiger partial charge in [0.1, 0.15) is 5.82 Å². The molecule has 1 N–H and O–H groups in total. The van der Waals surface area contributed by atoms with E-state index in [1.807, 2.05) is 17.0 Å². The number of aromatic nitrogens is 1. The Morgan fingerprint density at radius 2 is 1.80 bits per heavy atom. The molecule has 0 spiro atoms. The van der Waals surface area contributed by atoms with Gasteiger partial charge in [-0.1, -0.05) is 18.2 Å². The SMILES string of the molecule is O=C(c1ccc(F)cc1)N1CCCC(C(=O)N2CCc3[nH]c4ccccc4c3C2)C1. The minimum Gasteiger partial charge on any atom is -0.358 e. The maximum absolute atomic E-state index is 13.3. The van der Waals surface area contributed by atoms with Crippen LogP contribution in [0.4, 0.5) is 4.39 Å². The Morgan fingerprint density at radius 3 is 2.63 bits per heavy atom. The molecule has 1 unspecified atom stereocenters. The number of nitrogens with zero attached hydrogens (tertiary/aromatic N) is 2. The monoisotopic (exact) mass is 405 g/mol. The van der Waals surface area contributed by atoms with Crippen LogP contribution in [-0.2, 0) is 17.8 Å². The summed E-state index contributed by atoms with van der Waals surface area (Å²) in [6, 6.07) is 13.8.